The van der Waals surface area contributed by atoms with Gasteiger partial charge in [0.15, 0.2) is 5.65 Å². The second kappa shape index (κ2) is 9.85. The lowest BCUT2D eigenvalue weighted by molar-refractivity contribution is -0.128. The zero-order valence-electron chi connectivity index (χ0n) is 20.1. The summed E-state index contributed by atoms with van der Waals surface area (Å²) >= 11 is 0. The summed E-state index contributed by atoms with van der Waals surface area (Å²) in [6.45, 7) is 3.18. The fourth-order valence-electron chi connectivity index (χ4n) is 6.00. The minimum absolute atomic E-state index is 0.0595. The predicted octanol–water partition coefficient (Wildman–Crippen LogP) is 4.70. The molecule has 3 aromatic heterocycles. The van der Waals surface area contributed by atoms with Crippen molar-refractivity contribution in [2.45, 2.75) is 37.8 Å². The SMILES string of the molecule is O=CN1CCC(c2cc[nH]c3cnc4nccc4c23)CC1N1CCCC(COc2ccc(F)cc2)C1. The maximum Gasteiger partial charge on any atom is 0.210 e. The Morgan fingerprint density at radius 1 is 1.11 bits per heavy atom. The molecular formula is C28H30FN5O2. The van der Waals surface area contributed by atoms with Crippen LogP contribution in [0.1, 0.15) is 37.2 Å². The molecule has 4 aromatic rings. The van der Waals surface area contributed by atoms with Crippen LogP contribution in [0.5, 0.6) is 5.75 Å². The highest BCUT2D eigenvalue weighted by Gasteiger charge is 2.35. The maximum atomic E-state index is 13.2. The second-order valence-corrected chi connectivity index (χ2v) is 9.98. The average molecular weight is 488 g/mol. The van der Waals surface area contributed by atoms with Gasteiger partial charge in [-0.25, -0.2) is 14.4 Å². The molecule has 2 aliphatic heterocycles. The number of amides is 1. The van der Waals surface area contributed by atoms with Crippen molar-refractivity contribution in [1.29, 1.82) is 0 Å². The molecule has 8 heteroatoms. The van der Waals surface area contributed by atoms with Crippen LogP contribution in [0.25, 0.3) is 21.9 Å². The highest BCUT2D eigenvalue weighted by atomic mass is 19.1. The molecule has 1 aromatic carbocycles. The number of fused-ring (bicyclic) bond motifs is 3. The second-order valence-electron chi connectivity index (χ2n) is 9.98. The Bertz CT molecular complexity index is 1360. The van der Waals surface area contributed by atoms with Crippen LogP contribution in [0.3, 0.4) is 0 Å². The number of likely N-dealkylation sites (tertiary alicyclic amines) is 2. The lowest BCUT2D eigenvalue weighted by atomic mass is 9.84. The van der Waals surface area contributed by atoms with Crippen molar-refractivity contribution in [3.63, 3.8) is 0 Å². The van der Waals surface area contributed by atoms with Gasteiger partial charge in [0.25, 0.3) is 0 Å². The summed E-state index contributed by atoms with van der Waals surface area (Å²) in [4.78, 5) is 28.7. The molecule has 0 aliphatic carbocycles. The lowest BCUT2D eigenvalue weighted by Crippen LogP contribution is -2.55. The first-order chi connectivity index (χ1) is 17.7. The number of pyridine rings is 2. The van der Waals surface area contributed by atoms with Crippen LogP contribution in [0.2, 0.25) is 0 Å². The molecule has 36 heavy (non-hydrogen) atoms. The number of piperidine rings is 2. The van der Waals surface area contributed by atoms with Crippen LogP contribution >= 0.6 is 0 Å². The Hall–Kier alpha value is -3.52. The number of ether oxygens (including phenoxy) is 1. The van der Waals surface area contributed by atoms with E-state index in [1.54, 1.807) is 12.1 Å². The average Bonchev–Trinajstić information content (AvgIpc) is 3.42. The summed E-state index contributed by atoms with van der Waals surface area (Å²) in [7, 11) is 0. The smallest absolute Gasteiger partial charge is 0.210 e. The van der Waals surface area contributed by atoms with Gasteiger partial charge in [-0.1, -0.05) is 0 Å². The summed E-state index contributed by atoms with van der Waals surface area (Å²) in [5, 5.41) is 2.26. The molecule has 5 heterocycles. The molecule has 0 bridgehead atoms. The van der Waals surface area contributed by atoms with Gasteiger partial charge in [-0.3, -0.25) is 9.69 Å². The van der Waals surface area contributed by atoms with Gasteiger partial charge in [0.05, 0.1) is 24.5 Å². The lowest BCUT2D eigenvalue weighted by Gasteiger charge is -2.46. The van der Waals surface area contributed by atoms with Crippen molar-refractivity contribution in [3.8, 4) is 5.75 Å². The third-order valence-corrected chi connectivity index (χ3v) is 7.78. The maximum absolute atomic E-state index is 13.2. The summed E-state index contributed by atoms with van der Waals surface area (Å²) in [6, 6.07) is 10.4. The zero-order chi connectivity index (χ0) is 24.5. The van der Waals surface area contributed by atoms with Crippen LogP contribution in [-0.2, 0) is 4.79 Å². The van der Waals surface area contributed by atoms with Crippen LogP contribution in [0.15, 0.2) is 55.0 Å². The van der Waals surface area contributed by atoms with Gasteiger partial charge >= 0.3 is 0 Å². The largest absolute Gasteiger partial charge is 0.493 e. The number of rotatable bonds is 6. The van der Waals surface area contributed by atoms with Crippen LogP contribution in [-0.4, -0.2) is 63.6 Å². The van der Waals surface area contributed by atoms with Crippen molar-refractivity contribution in [2.24, 2.45) is 5.92 Å². The molecule has 0 saturated carbocycles. The number of halogens is 1. The van der Waals surface area contributed by atoms with Gasteiger partial charge in [-0.15, -0.1) is 0 Å². The fraction of sp³-hybridized carbons (Fsp3) is 0.393. The molecule has 1 amide bonds. The van der Waals surface area contributed by atoms with E-state index >= 15 is 0 Å². The van der Waals surface area contributed by atoms with Gasteiger partial charge in [0.2, 0.25) is 6.41 Å². The first-order valence-electron chi connectivity index (χ1n) is 12.7. The van der Waals surface area contributed by atoms with Crippen LogP contribution < -0.4 is 4.74 Å². The molecule has 0 spiro atoms. The highest BCUT2D eigenvalue weighted by molar-refractivity contribution is 6.05. The quantitative estimate of drug-likeness (QED) is 0.399. The van der Waals surface area contributed by atoms with Gasteiger partial charge < -0.3 is 14.6 Å². The Labute approximate surface area is 209 Å². The Morgan fingerprint density at radius 2 is 2.00 bits per heavy atom. The summed E-state index contributed by atoms with van der Waals surface area (Å²) in [5.41, 5.74) is 3.08. The molecular weight excluding hydrogens is 457 g/mol. The number of aromatic amines is 1. The van der Waals surface area contributed by atoms with E-state index in [1.165, 1.54) is 23.1 Å². The number of aromatic nitrogens is 3. The van der Waals surface area contributed by atoms with Crippen molar-refractivity contribution in [3.05, 3.63) is 66.4 Å². The normalized spacial score (nSPS) is 23.2. The fourth-order valence-corrected chi connectivity index (χ4v) is 6.00. The Morgan fingerprint density at radius 3 is 2.86 bits per heavy atom. The van der Waals surface area contributed by atoms with Crippen LogP contribution in [0, 0.1) is 11.7 Å². The van der Waals surface area contributed by atoms with Crippen molar-refractivity contribution >= 4 is 28.3 Å². The minimum atomic E-state index is -0.261. The number of benzene rings is 1. The number of nitrogens with one attached hydrogen (secondary N) is 1. The van der Waals surface area contributed by atoms with Gasteiger partial charge in [-0.05, 0) is 73.6 Å². The predicted molar refractivity (Wildman–Crippen MR) is 136 cm³/mol. The van der Waals surface area contributed by atoms with E-state index in [2.05, 4.69) is 25.9 Å². The van der Waals surface area contributed by atoms with E-state index in [0.717, 1.165) is 68.3 Å². The van der Waals surface area contributed by atoms with E-state index in [1.807, 2.05) is 29.6 Å². The summed E-state index contributed by atoms with van der Waals surface area (Å²) in [5.74, 6) is 1.13. The molecule has 0 radical (unpaired) electrons. The van der Waals surface area contributed by atoms with E-state index in [0.29, 0.717) is 24.2 Å². The van der Waals surface area contributed by atoms with E-state index in [-0.39, 0.29) is 12.0 Å². The highest BCUT2D eigenvalue weighted by Crippen LogP contribution is 2.38. The van der Waals surface area contributed by atoms with Crippen LogP contribution in [0.4, 0.5) is 4.39 Å². The number of H-pyrrole nitrogens is 1. The Kier molecular flexibility index (Phi) is 6.27. The van der Waals surface area contributed by atoms with E-state index in [9.17, 15) is 9.18 Å². The number of carbonyl (C=O) groups excluding carboxylic acids is 1. The topological polar surface area (TPSA) is 74.4 Å². The van der Waals surface area contributed by atoms with Crippen molar-refractivity contribution in [1.82, 2.24) is 24.8 Å². The van der Waals surface area contributed by atoms with Crippen molar-refractivity contribution < 1.29 is 13.9 Å². The van der Waals surface area contributed by atoms with E-state index < -0.39 is 0 Å². The third-order valence-electron chi connectivity index (χ3n) is 7.78. The Balaban J connectivity index is 1.21. The monoisotopic (exact) mass is 487 g/mol. The molecule has 6 rings (SSSR count). The van der Waals surface area contributed by atoms with E-state index in [4.69, 9.17) is 4.74 Å². The molecule has 3 atom stereocenters. The molecule has 7 nitrogen and oxygen atoms in total. The molecule has 3 unspecified atom stereocenters. The molecule has 2 saturated heterocycles. The molecule has 2 fully saturated rings. The standard InChI is InChI=1S/C28H30FN5O2/c29-21-3-5-22(6-4-21)36-17-19-2-1-12-33(16-19)26-14-20(9-13-34(26)18-35)23-7-10-30-25-15-32-28-24(27(23)25)8-11-31-28/h3-8,10-11,15,18-20,26,30H,1-2,9,12-14,16-17H2. The van der Waals surface area contributed by atoms with Gasteiger partial charge in [0.1, 0.15) is 11.6 Å². The number of carbonyl (C=O) groups is 1. The van der Waals surface area contributed by atoms with Gasteiger partial charge in [0, 0.05) is 48.7 Å². The first-order valence-corrected chi connectivity index (χ1v) is 12.7. The summed E-state index contributed by atoms with van der Waals surface area (Å²) < 4.78 is 19.2. The third kappa shape index (κ3) is 4.41. The molecule has 2 aliphatic rings. The first kappa shape index (κ1) is 22.9. The minimum Gasteiger partial charge on any atom is -0.493 e. The number of hydrogen-bond donors (Lipinski definition) is 1. The molecule has 1 N–H and O–H groups in total. The van der Waals surface area contributed by atoms with Gasteiger partial charge in [-0.2, -0.15) is 0 Å². The summed E-state index contributed by atoms with van der Waals surface area (Å²) in [6.07, 6.45) is 10.7. The molecule has 186 valence electrons. The number of nitrogens with zero attached hydrogens (tertiary/aromatic N) is 4. The zero-order valence-corrected chi connectivity index (χ0v) is 20.1. The van der Waals surface area contributed by atoms with Crippen molar-refractivity contribution in [2.75, 3.05) is 26.2 Å². The number of hydrogen-bond acceptors (Lipinski definition) is 5.